The van der Waals surface area contributed by atoms with E-state index in [0.717, 1.165) is 75.4 Å². The standard InChI is InChI=1S/C23H31N7O2/c1-32-28-21(20-4-2-3-9-25-20)18-7-12-30(13-8-18)22(31)19-5-10-29(11-6-19)16-17-14-26-23(24)27-15-17/h2-4,9,14-15,18-19H,5-8,10-13,16H2,1H3,(H2,24,26,27)/b28-21+. The molecule has 4 rings (SSSR count). The minimum Gasteiger partial charge on any atom is -0.399 e. The molecule has 9 heteroatoms. The lowest BCUT2D eigenvalue weighted by molar-refractivity contribution is -0.138. The van der Waals surface area contributed by atoms with Crippen LogP contribution in [0.15, 0.2) is 41.9 Å². The molecule has 0 aliphatic carbocycles. The van der Waals surface area contributed by atoms with Gasteiger partial charge in [-0.15, -0.1) is 0 Å². The Hall–Kier alpha value is -3.07. The van der Waals surface area contributed by atoms with Crippen molar-refractivity contribution in [2.45, 2.75) is 32.2 Å². The molecule has 1 amide bonds. The number of piperidine rings is 2. The molecule has 0 atom stereocenters. The van der Waals surface area contributed by atoms with E-state index < -0.39 is 0 Å². The van der Waals surface area contributed by atoms with Gasteiger partial charge in [0.25, 0.3) is 0 Å². The Balaban J connectivity index is 1.26. The summed E-state index contributed by atoms with van der Waals surface area (Å²) in [6.45, 7) is 4.11. The molecule has 0 spiro atoms. The molecule has 170 valence electrons. The molecule has 2 fully saturated rings. The fraction of sp³-hybridized carbons (Fsp3) is 0.522. The monoisotopic (exact) mass is 437 g/mol. The van der Waals surface area contributed by atoms with E-state index in [9.17, 15) is 4.79 Å². The number of nitrogens with two attached hydrogens (primary N) is 1. The molecule has 0 unspecified atom stereocenters. The van der Waals surface area contributed by atoms with Gasteiger partial charge < -0.3 is 15.5 Å². The zero-order chi connectivity index (χ0) is 22.3. The van der Waals surface area contributed by atoms with Gasteiger partial charge in [-0.25, -0.2) is 9.97 Å². The lowest BCUT2D eigenvalue weighted by atomic mass is 9.88. The number of nitrogen functional groups attached to an aromatic ring is 1. The molecule has 0 saturated carbocycles. The van der Waals surface area contributed by atoms with Crippen LogP contribution in [0.5, 0.6) is 0 Å². The number of likely N-dealkylation sites (tertiary alicyclic amines) is 2. The van der Waals surface area contributed by atoms with Crippen molar-refractivity contribution in [1.29, 1.82) is 0 Å². The first-order chi connectivity index (χ1) is 15.6. The van der Waals surface area contributed by atoms with Crippen molar-refractivity contribution in [3.05, 3.63) is 48.0 Å². The van der Waals surface area contributed by atoms with Gasteiger partial charge in [-0.05, 0) is 50.9 Å². The molecule has 2 aliphatic heterocycles. The second-order valence-electron chi connectivity index (χ2n) is 8.47. The van der Waals surface area contributed by atoms with Crippen molar-refractivity contribution in [2.24, 2.45) is 17.0 Å². The lowest BCUT2D eigenvalue weighted by Gasteiger charge is -2.37. The Morgan fingerprint density at radius 3 is 2.38 bits per heavy atom. The van der Waals surface area contributed by atoms with Crippen LogP contribution in [0.3, 0.4) is 0 Å². The van der Waals surface area contributed by atoms with Crippen LogP contribution >= 0.6 is 0 Å². The summed E-state index contributed by atoms with van der Waals surface area (Å²) in [7, 11) is 1.56. The number of hydrogen-bond donors (Lipinski definition) is 1. The Bertz CT molecular complexity index is 904. The first kappa shape index (κ1) is 22.1. The second-order valence-corrected chi connectivity index (χ2v) is 8.47. The highest BCUT2D eigenvalue weighted by Gasteiger charge is 2.32. The third-order valence-corrected chi connectivity index (χ3v) is 6.38. The highest BCUT2D eigenvalue weighted by molar-refractivity contribution is 6.00. The van der Waals surface area contributed by atoms with E-state index in [1.54, 1.807) is 25.7 Å². The summed E-state index contributed by atoms with van der Waals surface area (Å²) in [6, 6.07) is 5.81. The van der Waals surface area contributed by atoms with Crippen LogP contribution in [0.4, 0.5) is 5.95 Å². The van der Waals surface area contributed by atoms with Crippen LogP contribution in [0.25, 0.3) is 0 Å². The summed E-state index contributed by atoms with van der Waals surface area (Å²) in [5, 5.41) is 4.25. The van der Waals surface area contributed by atoms with Gasteiger partial charge in [0, 0.05) is 55.6 Å². The summed E-state index contributed by atoms with van der Waals surface area (Å²) in [4.78, 5) is 35.2. The Kier molecular flexibility index (Phi) is 7.26. The number of amides is 1. The summed E-state index contributed by atoms with van der Waals surface area (Å²) < 4.78 is 0. The predicted octanol–water partition coefficient (Wildman–Crippen LogP) is 1.96. The molecule has 2 aliphatic rings. The van der Waals surface area contributed by atoms with Crippen LogP contribution in [-0.4, -0.2) is 69.7 Å². The quantitative estimate of drug-likeness (QED) is 0.543. The second kappa shape index (κ2) is 10.5. The number of aromatic nitrogens is 3. The average Bonchev–Trinajstić information content (AvgIpc) is 2.85. The molecule has 4 heterocycles. The Labute approximate surface area is 188 Å². The minimum absolute atomic E-state index is 0.105. The Morgan fingerprint density at radius 2 is 1.75 bits per heavy atom. The maximum atomic E-state index is 13.1. The fourth-order valence-corrected chi connectivity index (χ4v) is 4.62. The molecule has 0 bridgehead atoms. The number of oxime groups is 1. The van der Waals surface area contributed by atoms with E-state index in [4.69, 9.17) is 10.6 Å². The largest absolute Gasteiger partial charge is 0.399 e. The minimum atomic E-state index is 0.105. The van der Waals surface area contributed by atoms with Gasteiger partial charge in [-0.3, -0.25) is 14.7 Å². The molecule has 2 aromatic rings. The maximum absolute atomic E-state index is 13.1. The molecule has 2 N–H and O–H groups in total. The van der Waals surface area contributed by atoms with Gasteiger partial charge in [-0.1, -0.05) is 11.2 Å². The SMILES string of the molecule is CO/N=C(/c1ccccn1)C1CCN(C(=O)C2CCN(Cc3cnc(N)nc3)CC2)CC1. The van der Waals surface area contributed by atoms with Gasteiger partial charge >= 0.3 is 0 Å². The highest BCUT2D eigenvalue weighted by atomic mass is 16.6. The van der Waals surface area contributed by atoms with Gasteiger partial charge in [0.1, 0.15) is 12.8 Å². The summed E-state index contributed by atoms with van der Waals surface area (Å²) in [5.74, 6) is 0.940. The third kappa shape index (κ3) is 5.40. The molecule has 2 saturated heterocycles. The van der Waals surface area contributed by atoms with Crippen LogP contribution < -0.4 is 5.73 Å². The van der Waals surface area contributed by atoms with Crippen molar-refractivity contribution in [1.82, 2.24) is 24.8 Å². The van der Waals surface area contributed by atoms with Gasteiger partial charge in [0.15, 0.2) is 0 Å². The van der Waals surface area contributed by atoms with Crippen molar-refractivity contribution in [3.8, 4) is 0 Å². The molecule has 9 nitrogen and oxygen atoms in total. The van der Waals surface area contributed by atoms with Crippen LogP contribution in [-0.2, 0) is 16.2 Å². The number of nitrogens with zero attached hydrogens (tertiary/aromatic N) is 6. The summed E-state index contributed by atoms with van der Waals surface area (Å²) >= 11 is 0. The van der Waals surface area contributed by atoms with Crippen molar-refractivity contribution in [2.75, 3.05) is 39.0 Å². The van der Waals surface area contributed by atoms with Crippen LogP contribution in [0.2, 0.25) is 0 Å². The fourth-order valence-electron chi connectivity index (χ4n) is 4.62. The first-order valence-electron chi connectivity index (χ1n) is 11.2. The topological polar surface area (TPSA) is 110 Å². The number of carbonyl (C=O) groups is 1. The van der Waals surface area contributed by atoms with E-state index in [0.29, 0.717) is 11.9 Å². The smallest absolute Gasteiger partial charge is 0.225 e. The average molecular weight is 438 g/mol. The number of pyridine rings is 1. The van der Waals surface area contributed by atoms with Gasteiger partial charge in [-0.2, -0.15) is 0 Å². The van der Waals surface area contributed by atoms with E-state index in [2.05, 4.69) is 25.0 Å². The van der Waals surface area contributed by atoms with E-state index in [-0.39, 0.29) is 11.8 Å². The molecule has 2 aromatic heterocycles. The highest BCUT2D eigenvalue weighted by Crippen LogP contribution is 2.26. The number of rotatable bonds is 6. The molecule has 0 aromatic carbocycles. The summed E-state index contributed by atoms with van der Waals surface area (Å²) in [6.07, 6.45) is 8.84. The van der Waals surface area contributed by atoms with Crippen molar-refractivity contribution in [3.63, 3.8) is 0 Å². The number of carbonyl (C=O) groups excluding carboxylic acids is 1. The van der Waals surface area contributed by atoms with Crippen molar-refractivity contribution >= 4 is 17.6 Å². The normalized spacial score (nSPS) is 19.2. The van der Waals surface area contributed by atoms with Gasteiger partial charge in [0.05, 0.1) is 5.69 Å². The zero-order valence-corrected chi connectivity index (χ0v) is 18.6. The third-order valence-electron chi connectivity index (χ3n) is 6.38. The van der Waals surface area contributed by atoms with Gasteiger partial charge in [0.2, 0.25) is 11.9 Å². The number of hydrogen-bond acceptors (Lipinski definition) is 8. The van der Waals surface area contributed by atoms with Crippen LogP contribution in [0, 0.1) is 11.8 Å². The Morgan fingerprint density at radius 1 is 1.06 bits per heavy atom. The van der Waals surface area contributed by atoms with E-state index >= 15 is 0 Å². The molecule has 0 radical (unpaired) electrons. The zero-order valence-electron chi connectivity index (χ0n) is 18.6. The summed E-state index contributed by atoms with van der Waals surface area (Å²) in [5.41, 5.74) is 8.33. The van der Waals surface area contributed by atoms with Crippen LogP contribution in [0.1, 0.15) is 36.9 Å². The van der Waals surface area contributed by atoms with E-state index in [1.807, 2.05) is 23.1 Å². The molecular weight excluding hydrogens is 406 g/mol. The first-order valence-corrected chi connectivity index (χ1v) is 11.2. The molecular formula is C23H31N7O2. The van der Waals surface area contributed by atoms with Crippen molar-refractivity contribution < 1.29 is 9.63 Å². The van der Waals surface area contributed by atoms with E-state index in [1.165, 1.54) is 0 Å². The maximum Gasteiger partial charge on any atom is 0.225 e. The lowest BCUT2D eigenvalue weighted by Crippen LogP contribution is -2.46. The predicted molar refractivity (Wildman–Crippen MR) is 122 cm³/mol. The number of anilines is 1. The molecule has 32 heavy (non-hydrogen) atoms.